The maximum Gasteiger partial charge on any atom is 0.125 e. The van der Waals surface area contributed by atoms with E-state index in [1.807, 2.05) is 12.1 Å². The Bertz CT molecular complexity index is 617. The molecule has 1 N–H and O–H groups in total. The van der Waals surface area contributed by atoms with Crippen LogP contribution in [0.15, 0.2) is 40.9 Å². The quantitative estimate of drug-likeness (QED) is 0.843. The summed E-state index contributed by atoms with van der Waals surface area (Å²) in [6, 6.07) is 9.56. The number of benzene rings is 2. The minimum Gasteiger partial charge on any atom is -0.488 e. The van der Waals surface area contributed by atoms with Crippen molar-refractivity contribution in [3.8, 4) is 5.75 Å². The van der Waals surface area contributed by atoms with Gasteiger partial charge >= 0.3 is 0 Å². The molecule has 0 aliphatic rings. The zero-order valence-corrected chi connectivity index (χ0v) is 13.1. The third kappa shape index (κ3) is 3.72. The van der Waals surface area contributed by atoms with Gasteiger partial charge in [-0.3, -0.25) is 0 Å². The molecule has 106 valence electrons. The number of rotatable bonds is 4. The van der Waals surface area contributed by atoms with E-state index in [0.29, 0.717) is 16.3 Å². The zero-order chi connectivity index (χ0) is 14.7. The Hall–Kier alpha value is -1.10. The zero-order valence-electron chi connectivity index (χ0n) is 10.7. The molecule has 0 aliphatic heterocycles. The van der Waals surface area contributed by atoms with Gasteiger partial charge in [0.25, 0.3) is 0 Å². The van der Waals surface area contributed by atoms with Crippen LogP contribution >= 0.6 is 27.5 Å². The molecule has 0 saturated heterocycles. The van der Waals surface area contributed by atoms with Crippen molar-refractivity contribution < 1.29 is 14.2 Å². The van der Waals surface area contributed by atoms with Crippen molar-refractivity contribution in [3.63, 3.8) is 0 Å². The first-order valence-electron chi connectivity index (χ1n) is 6.01. The van der Waals surface area contributed by atoms with Gasteiger partial charge in [-0.05, 0) is 37.3 Å². The van der Waals surface area contributed by atoms with E-state index in [9.17, 15) is 9.50 Å². The van der Waals surface area contributed by atoms with Crippen LogP contribution in [0.4, 0.5) is 4.39 Å². The summed E-state index contributed by atoms with van der Waals surface area (Å²) < 4.78 is 19.7. The molecule has 0 aromatic heterocycles. The van der Waals surface area contributed by atoms with Crippen LogP contribution in [0, 0.1) is 5.82 Å². The lowest BCUT2D eigenvalue weighted by molar-refractivity contribution is 0.189. The first kappa shape index (κ1) is 15.3. The molecule has 0 amide bonds. The molecule has 0 fully saturated rings. The van der Waals surface area contributed by atoms with Gasteiger partial charge in [0.2, 0.25) is 0 Å². The summed E-state index contributed by atoms with van der Waals surface area (Å²) in [7, 11) is 0. The van der Waals surface area contributed by atoms with E-state index in [1.165, 1.54) is 18.2 Å². The highest BCUT2D eigenvalue weighted by atomic mass is 79.9. The summed E-state index contributed by atoms with van der Waals surface area (Å²) in [6.45, 7) is 1.81. The van der Waals surface area contributed by atoms with Crippen LogP contribution in [-0.4, -0.2) is 5.11 Å². The van der Waals surface area contributed by atoms with Gasteiger partial charge in [-0.25, -0.2) is 4.39 Å². The highest BCUT2D eigenvalue weighted by Gasteiger charge is 2.11. The number of aliphatic hydroxyl groups excluding tert-OH is 1. The number of halogens is 3. The number of hydrogen-bond donors (Lipinski definition) is 1. The summed E-state index contributed by atoms with van der Waals surface area (Å²) in [5.74, 6) is 0.0373. The predicted molar refractivity (Wildman–Crippen MR) is 80.5 cm³/mol. The predicted octanol–water partition coefficient (Wildman–Crippen LogP) is 4.87. The molecule has 0 aliphatic carbocycles. The van der Waals surface area contributed by atoms with Crippen molar-refractivity contribution in [3.05, 3.63) is 62.8 Å². The average Bonchev–Trinajstić information content (AvgIpc) is 2.38. The molecule has 0 bridgehead atoms. The maximum atomic E-state index is 13.2. The van der Waals surface area contributed by atoms with Crippen molar-refractivity contribution in [2.75, 3.05) is 0 Å². The topological polar surface area (TPSA) is 29.5 Å². The second kappa shape index (κ2) is 6.57. The van der Waals surface area contributed by atoms with Gasteiger partial charge in [-0.2, -0.15) is 0 Å². The van der Waals surface area contributed by atoms with Crippen molar-refractivity contribution in [1.82, 2.24) is 0 Å². The lowest BCUT2D eigenvalue weighted by Crippen LogP contribution is -2.02. The highest BCUT2D eigenvalue weighted by molar-refractivity contribution is 9.10. The molecular weight excluding hydrogens is 347 g/mol. The van der Waals surface area contributed by atoms with E-state index >= 15 is 0 Å². The van der Waals surface area contributed by atoms with Gasteiger partial charge in [0.1, 0.15) is 18.2 Å². The van der Waals surface area contributed by atoms with Crippen molar-refractivity contribution >= 4 is 27.5 Å². The molecule has 2 aromatic carbocycles. The lowest BCUT2D eigenvalue weighted by atomic mass is 10.1. The average molecular weight is 360 g/mol. The van der Waals surface area contributed by atoms with Crippen LogP contribution in [0.3, 0.4) is 0 Å². The number of aliphatic hydroxyl groups is 1. The fourth-order valence-corrected chi connectivity index (χ4v) is 2.50. The van der Waals surface area contributed by atoms with Gasteiger partial charge in [0.15, 0.2) is 0 Å². The van der Waals surface area contributed by atoms with E-state index in [0.717, 1.165) is 10.0 Å². The Morgan fingerprint density at radius 1 is 1.30 bits per heavy atom. The second-order valence-electron chi connectivity index (χ2n) is 4.38. The molecule has 5 heteroatoms. The minimum atomic E-state index is -0.805. The van der Waals surface area contributed by atoms with Crippen molar-refractivity contribution in [2.45, 2.75) is 19.6 Å². The second-order valence-corrected chi connectivity index (χ2v) is 5.71. The van der Waals surface area contributed by atoms with Gasteiger partial charge in [-0.1, -0.05) is 33.6 Å². The summed E-state index contributed by atoms with van der Waals surface area (Å²) in [6.07, 6.45) is -0.805. The molecule has 2 aromatic rings. The van der Waals surface area contributed by atoms with E-state index in [2.05, 4.69) is 15.9 Å². The van der Waals surface area contributed by atoms with Crippen LogP contribution in [0.5, 0.6) is 5.75 Å². The van der Waals surface area contributed by atoms with E-state index in [-0.39, 0.29) is 6.61 Å². The minimum absolute atomic E-state index is 0.247. The van der Waals surface area contributed by atoms with Crippen LogP contribution < -0.4 is 4.74 Å². The lowest BCUT2D eigenvalue weighted by Gasteiger charge is -2.14. The number of ether oxygens (including phenoxy) is 1. The van der Waals surface area contributed by atoms with Gasteiger partial charge in [0, 0.05) is 20.6 Å². The largest absolute Gasteiger partial charge is 0.488 e. The Morgan fingerprint density at radius 2 is 2.05 bits per heavy atom. The fraction of sp³-hybridized carbons (Fsp3) is 0.200. The maximum absolute atomic E-state index is 13.2. The van der Waals surface area contributed by atoms with Gasteiger partial charge < -0.3 is 9.84 Å². The molecular formula is C15H13BrClFO2. The molecule has 0 heterocycles. The Kier molecular flexibility index (Phi) is 5.02. The van der Waals surface area contributed by atoms with E-state index in [4.69, 9.17) is 16.3 Å². The van der Waals surface area contributed by atoms with E-state index in [1.54, 1.807) is 13.0 Å². The van der Waals surface area contributed by atoms with Crippen LogP contribution in [0.2, 0.25) is 5.02 Å². The van der Waals surface area contributed by atoms with Gasteiger partial charge in [0.05, 0.1) is 6.10 Å². The highest BCUT2D eigenvalue weighted by Crippen LogP contribution is 2.28. The molecule has 0 unspecified atom stereocenters. The Balaban J connectivity index is 2.18. The molecule has 20 heavy (non-hydrogen) atoms. The van der Waals surface area contributed by atoms with Crippen molar-refractivity contribution in [1.29, 1.82) is 0 Å². The third-order valence-electron chi connectivity index (χ3n) is 2.82. The Labute approximate surface area is 130 Å². The number of hydrogen-bond acceptors (Lipinski definition) is 2. The summed E-state index contributed by atoms with van der Waals surface area (Å²) >= 11 is 9.43. The molecule has 2 rings (SSSR count). The standard InChI is InChI=1S/C15H13BrClFO2/c1-9(19)13-7-12(18)4-5-15(13)20-8-10-2-3-11(16)6-14(10)17/h2-7,9,19H,8H2,1H3/t9-/m1/s1. The Morgan fingerprint density at radius 3 is 2.70 bits per heavy atom. The normalized spacial score (nSPS) is 12.2. The molecule has 2 nitrogen and oxygen atoms in total. The van der Waals surface area contributed by atoms with Crippen LogP contribution in [0.25, 0.3) is 0 Å². The van der Waals surface area contributed by atoms with Crippen LogP contribution in [-0.2, 0) is 6.61 Å². The summed E-state index contributed by atoms with van der Waals surface area (Å²) in [5.41, 5.74) is 1.23. The van der Waals surface area contributed by atoms with Crippen LogP contribution in [0.1, 0.15) is 24.2 Å². The van der Waals surface area contributed by atoms with E-state index < -0.39 is 11.9 Å². The summed E-state index contributed by atoms with van der Waals surface area (Å²) in [5, 5.41) is 10.2. The molecule has 0 radical (unpaired) electrons. The van der Waals surface area contributed by atoms with Crippen molar-refractivity contribution in [2.24, 2.45) is 0 Å². The monoisotopic (exact) mass is 358 g/mol. The summed E-state index contributed by atoms with van der Waals surface area (Å²) in [4.78, 5) is 0. The molecule has 0 saturated carbocycles. The smallest absolute Gasteiger partial charge is 0.125 e. The molecule has 1 atom stereocenters. The fourth-order valence-electron chi connectivity index (χ4n) is 1.77. The first-order valence-corrected chi connectivity index (χ1v) is 7.18. The third-order valence-corrected chi connectivity index (χ3v) is 3.67. The van der Waals surface area contributed by atoms with Gasteiger partial charge in [-0.15, -0.1) is 0 Å². The SMILES string of the molecule is C[C@@H](O)c1cc(F)ccc1OCc1ccc(Br)cc1Cl. The first-order chi connectivity index (χ1) is 9.47. The molecule has 0 spiro atoms.